The van der Waals surface area contributed by atoms with Gasteiger partial charge >= 0.3 is 11.8 Å². The second-order valence-electron chi connectivity index (χ2n) is 7.00. The molecule has 6 nitrogen and oxygen atoms in total. The lowest BCUT2D eigenvalue weighted by atomic mass is 10.1. The number of H-pyrrole nitrogens is 1. The van der Waals surface area contributed by atoms with Crippen LogP contribution in [0.1, 0.15) is 17.5 Å². The van der Waals surface area contributed by atoms with Gasteiger partial charge in [0.2, 0.25) is 5.16 Å². The maximum Gasteiger partial charge on any atom is 0.416 e. The molecule has 0 bridgehead atoms. The highest BCUT2D eigenvalue weighted by Gasteiger charge is 2.30. The number of nitrogens with zero attached hydrogens (tertiary/aromatic N) is 2. The highest BCUT2D eigenvalue weighted by molar-refractivity contribution is 7.99. The standard InChI is InChI=1S/C22H18F3N3O3S/c1-13-11-19(29)31-18-12-16(7-8-17(13)18)30-9-2-10-32-21-26-20(27-28-21)14-3-5-15(6-4-14)22(23,24)25/h3-8,11-12H,2,9-10H2,1H3,(H,26,27,28). The summed E-state index contributed by atoms with van der Waals surface area (Å²) >= 11 is 1.41. The summed E-state index contributed by atoms with van der Waals surface area (Å²) in [5.74, 6) is 1.70. The van der Waals surface area contributed by atoms with E-state index in [0.717, 1.165) is 23.1 Å². The Balaban J connectivity index is 1.27. The molecule has 0 fully saturated rings. The molecule has 0 amide bonds. The molecular formula is C22H18F3N3O3S. The van der Waals surface area contributed by atoms with Crippen molar-refractivity contribution in [3.63, 3.8) is 0 Å². The fraction of sp³-hybridized carbons (Fsp3) is 0.227. The van der Waals surface area contributed by atoms with E-state index in [-0.39, 0.29) is 0 Å². The summed E-state index contributed by atoms with van der Waals surface area (Å²) in [6, 6.07) is 11.6. The SMILES string of the molecule is Cc1cc(=O)oc2cc(OCCCSc3n[nH]c(-c4ccc(C(F)(F)F)cc4)n3)ccc12. The van der Waals surface area contributed by atoms with Crippen molar-refractivity contribution in [2.24, 2.45) is 0 Å². The Kier molecular flexibility index (Phi) is 6.22. The molecule has 0 radical (unpaired) electrons. The van der Waals surface area contributed by atoms with E-state index in [2.05, 4.69) is 15.2 Å². The number of alkyl halides is 3. The van der Waals surface area contributed by atoms with Crippen molar-refractivity contribution in [2.75, 3.05) is 12.4 Å². The first-order chi connectivity index (χ1) is 15.3. The molecule has 2 aromatic heterocycles. The van der Waals surface area contributed by atoms with Gasteiger partial charge in [0, 0.05) is 28.8 Å². The summed E-state index contributed by atoms with van der Waals surface area (Å²) in [5, 5.41) is 8.20. The van der Waals surface area contributed by atoms with Crippen LogP contribution in [-0.2, 0) is 6.18 Å². The van der Waals surface area contributed by atoms with Crippen LogP contribution >= 0.6 is 11.8 Å². The molecule has 0 atom stereocenters. The number of thioether (sulfide) groups is 1. The number of halogens is 3. The van der Waals surface area contributed by atoms with Crippen molar-refractivity contribution in [2.45, 2.75) is 24.7 Å². The van der Waals surface area contributed by atoms with Crippen LogP contribution in [0.5, 0.6) is 5.75 Å². The largest absolute Gasteiger partial charge is 0.493 e. The molecule has 4 aromatic rings. The van der Waals surface area contributed by atoms with Gasteiger partial charge in [-0.25, -0.2) is 9.78 Å². The minimum Gasteiger partial charge on any atom is -0.493 e. The van der Waals surface area contributed by atoms with Gasteiger partial charge in [0.25, 0.3) is 0 Å². The molecule has 2 aromatic carbocycles. The molecular weight excluding hydrogens is 443 g/mol. The zero-order valence-electron chi connectivity index (χ0n) is 16.9. The second kappa shape index (κ2) is 9.07. The predicted octanol–water partition coefficient (Wildman–Crippen LogP) is 5.47. The van der Waals surface area contributed by atoms with Gasteiger partial charge in [-0.1, -0.05) is 23.9 Å². The van der Waals surface area contributed by atoms with Gasteiger partial charge in [0.15, 0.2) is 5.82 Å². The Labute approximate surface area is 184 Å². The van der Waals surface area contributed by atoms with E-state index in [9.17, 15) is 18.0 Å². The number of nitrogens with one attached hydrogen (secondary N) is 1. The normalized spacial score (nSPS) is 11.8. The molecule has 0 saturated carbocycles. The van der Waals surface area contributed by atoms with E-state index in [1.807, 2.05) is 19.1 Å². The number of fused-ring (bicyclic) bond motifs is 1. The molecule has 0 spiro atoms. The van der Waals surface area contributed by atoms with E-state index in [0.29, 0.717) is 46.7 Å². The van der Waals surface area contributed by atoms with Crippen LogP contribution in [0.15, 0.2) is 62.9 Å². The van der Waals surface area contributed by atoms with E-state index < -0.39 is 17.4 Å². The number of ether oxygens (including phenoxy) is 1. The summed E-state index contributed by atoms with van der Waals surface area (Å²) < 4.78 is 49.0. The molecule has 0 saturated heterocycles. The van der Waals surface area contributed by atoms with Crippen molar-refractivity contribution in [3.8, 4) is 17.1 Å². The topological polar surface area (TPSA) is 81.0 Å². The van der Waals surface area contributed by atoms with Crippen molar-refractivity contribution < 1.29 is 22.3 Å². The van der Waals surface area contributed by atoms with Crippen molar-refractivity contribution in [1.29, 1.82) is 0 Å². The van der Waals surface area contributed by atoms with Gasteiger partial charge < -0.3 is 9.15 Å². The Hall–Kier alpha value is -3.27. The molecule has 0 aliphatic heterocycles. The lowest BCUT2D eigenvalue weighted by molar-refractivity contribution is -0.137. The third-order valence-corrected chi connectivity index (χ3v) is 5.60. The Bertz CT molecular complexity index is 1280. The zero-order valence-corrected chi connectivity index (χ0v) is 17.7. The van der Waals surface area contributed by atoms with Gasteiger partial charge in [-0.05, 0) is 43.2 Å². The quantitative estimate of drug-likeness (QED) is 0.223. The van der Waals surface area contributed by atoms with E-state index in [1.165, 1.54) is 30.0 Å². The first-order valence-corrected chi connectivity index (χ1v) is 10.7. The Morgan fingerprint density at radius 2 is 1.91 bits per heavy atom. The number of aromatic nitrogens is 3. The van der Waals surface area contributed by atoms with Crippen LogP contribution in [0.2, 0.25) is 0 Å². The average Bonchev–Trinajstić information content (AvgIpc) is 3.21. The molecule has 1 N–H and O–H groups in total. The van der Waals surface area contributed by atoms with Crippen LogP contribution in [0.4, 0.5) is 13.2 Å². The number of benzene rings is 2. The fourth-order valence-electron chi connectivity index (χ4n) is 3.06. The highest BCUT2D eigenvalue weighted by Crippen LogP contribution is 2.30. The third kappa shape index (κ3) is 5.13. The smallest absolute Gasteiger partial charge is 0.416 e. The van der Waals surface area contributed by atoms with Crippen LogP contribution in [-0.4, -0.2) is 27.5 Å². The molecule has 166 valence electrons. The summed E-state index contributed by atoms with van der Waals surface area (Å²) in [6.45, 7) is 2.30. The summed E-state index contributed by atoms with van der Waals surface area (Å²) in [7, 11) is 0. The van der Waals surface area contributed by atoms with E-state index in [1.54, 1.807) is 6.07 Å². The summed E-state index contributed by atoms with van der Waals surface area (Å²) in [4.78, 5) is 15.8. The maximum absolute atomic E-state index is 12.7. The third-order valence-electron chi connectivity index (χ3n) is 4.66. The summed E-state index contributed by atoms with van der Waals surface area (Å²) in [5.41, 5.74) is 0.753. The van der Waals surface area contributed by atoms with Crippen LogP contribution < -0.4 is 10.4 Å². The van der Waals surface area contributed by atoms with Gasteiger partial charge in [-0.15, -0.1) is 5.10 Å². The lowest BCUT2D eigenvalue weighted by Gasteiger charge is -2.07. The number of hydrogen-bond donors (Lipinski definition) is 1. The number of aromatic amines is 1. The molecule has 0 aliphatic carbocycles. The second-order valence-corrected chi connectivity index (χ2v) is 8.06. The minimum atomic E-state index is -4.37. The minimum absolute atomic E-state index is 0.397. The van der Waals surface area contributed by atoms with Gasteiger partial charge in [0.05, 0.1) is 12.2 Å². The lowest BCUT2D eigenvalue weighted by Crippen LogP contribution is -2.04. The summed E-state index contributed by atoms with van der Waals surface area (Å²) in [6.07, 6.45) is -3.66. The molecule has 2 heterocycles. The fourth-order valence-corrected chi connectivity index (χ4v) is 3.78. The van der Waals surface area contributed by atoms with Crippen molar-refractivity contribution in [3.05, 3.63) is 70.1 Å². The first kappa shape index (κ1) is 21.9. The number of aryl methyl sites for hydroxylation is 1. The number of hydrogen-bond acceptors (Lipinski definition) is 6. The number of rotatable bonds is 7. The van der Waals surface area contributed by atoms with Gasteiger partial charge in [-0.3, -0.25) is 5.10 Å². The molecule has 0 aliphatic rings. The van der Waals surface area contributed by atoms with Crippen LogP contribution in [0.25, 0.3) is 22.4 Å². The monoisotopic (exact) mass is 461 g/mol. The van der Waals surface area contributed by atoms with Crippen molar-refractivity contribution in [1.82, 2.24) is 15.2 Å². The van der Waals surface area contributed by atoms with Crippen LogP contribution in [0.3, 0.4) is 0 Å². The van der Waals surface area contributed by atoms with E-state index in [4.69, 9.17) is 9.15 Å². The molecule has 4 rings (SSSR count). The van der Waals surface area contributed by atoms with E-state index >= 15 is 0 Å². The Morgan fingerprint density at radius 3 is 2.66 bits per heavy atom. The molecule has 32 heavy (non-hydrogen) atoms. The van der Waals surface area contributed by atoms with Crippen molar-refractivity contribution >= 4 is 22.7 Å². The first-order valence-electron chi connectivity index (χ1n) is 9.70. The van der Waals surface area contributed by atoms with Gasteiger partial charge in [0.1, 0.15) is 11.3 Å². The molecule has 10 heteroatoms. The zero-order chi connectivity index (χ0) is 22.7. The van der Waals surface area contributed by atoms with Gasteiger partial charge in [-0.2, -0.15) is 13.2 Å². The molecule has 0 unspecified atom stereocenters. The Morgan fingerprint density at radius 1 is 1.12 bits per heavy atom. The van der Waals surface area contributed by atoms with Crippen LogP contribution in [0, 0.1) is 6.92 Å². The maximum atomic E-state index is 12.7. The predicted molar refractivity (Wildman–Crippen MR) is 115 cm³/mol. The highest BCUT2D eigenvalue weighted by atomic mass is 32.2. The average molecular weight is 461 g/mol.